The molecule has 0 bridgehead atoms. The van der Waals surface area contributed by atoms with E-state index >= 15 is 0 Å². The topological polar surface area (TPSA) is 34.1 Å². The van der Waals surface area contributed by atoms with Crippen molar-refractivity contribution in [2.75, 3.05) is 13.1 Å². The molecule has 0 amide bonds. The number of hydrogen-bond donors (Lipinski definition) is 1. The molecule has 1 N–H and O–H groups in total. The minimum absolute atomic E-state index is 0.292. The first-order valence-corrected chi connectivity index (χ1v) is 5.13. The second-order valence-electron chi connectivity index (χ2n) is 3.03. The molecule has 0 aromatic carbocycles. The summed E-state index contributed by atoms with van der Waals surface area (Å²) in [5.41, 5.74) is 0. The summed E-state index contributed by atoms with van der Waals surface area (Å²) in [5.74, 6) is 0.830. The lowest BCUT2D eigenvalue weighted by Crippen LogP contribution is -2.19. The SMILES string of the molecule is Brc1ncccc1OC1CCNC1. The summed E-state index contributed by atoms with van der Waals surface area (Å²) in [6, 6.07) is 3.80. The molecule has 1 aliphatic rings. The Labute approximate surface area is 85.6 Å². The van der Waals surface area contributed by atoms with E-state index in [1.165, 1.54) is 0 Å². The van der Waals surface area contributed by atoms with Crippen LogP contribution in [0.25, 0.3) is 0 Å². The van der Waals surface area contributed by atoms with Crippen LogP contribution in [0.2, 0.25) is 0 Å². The van der Waals surface area contributed by atoms with E-state index in [0.717, 1.165) is 29.9 Å². The average Bonchev–Trinajstić information content (AvgIpc) is 2.61. The maximum absolute atomic E-state index is 5.73. The van der Waals surface area contributed by atoms with Crippen LogP contribution in [0.4, 0.5) is 0 Å². The normalized spacial score (nSPS) is 21.8. The molecule has 2 rings (SSSR count). The Morgan fingerprint density at radius 2 is 2.54 bits per heavy atom. The van der Waals surface area contributed by atoms with E-state index in [2.05, 4.69) is 26.2 Å². The number of rotatable bonds is 2. The first-order chi connectivity index (χ1) is 6.36. The summed E-state index contributed by atoms with van der Waals surface area (Å²) in [5, 5.41) is 3.25. The molecule has 1 aromatic heterocycles. The zero-order chi connectivity index (χ0) is 9.10. The molecule has 0 aliphatic carbocycles. The van der Waals surface area contributed by atoms with Crippen LogP contribution in [-0.2, 0) is 0 Å². The first-order valence-electron chi connectivity index (χ1n) is 4.34. The summed E-state index contributed by atoms with van der Waals surface area (Å²) >= 11 is 3.35. The molecule has 1 fully saturated rings. The van der Waals surface area contributed by atoms with Crippen LogP contribution in [0.1, 0.15) is 6.42 Å². The molecular weight excluding hydrogens is 232 g/mol. The molecule has 3 nitrogen and oxygen atoms in total. The van der Waals surface area contributed by atoms with Crippen molar-refractivity contribution in [3.8, 4) is 5.75 Å². The number of aromatic nitrogens is 1. The van der Waals surface area contributed by atoms with Gasteiger partial charge in [-0.25, -0.2) is 4.98 Å². The minimum atomic E-state index is 0.292. The van der Waals surface area contributed by atoms with Crippen molar-refractivity contribution in [1.82, 2.24) is 10.3 Å². The summed E-state index contributed by atoms with van der Waals surface area (Å²) in [4.78, 5) is 4.09. The molecule has 1 unspecified atom stereocenters. The molecule has 0 spiro atoms. The predicted octanol–water partition coefficient (Wildman–Crippen LogP) is 1.58. The predicted molar refractivity (Wildman–Crippen MR) is 53.8 cm³/mol. The molecule has 4 heteroatoms. The van der Waals surface area contributed by atoms with Crippen molar-refractivity contribution in [2.24, 2.45) is 0 Å². The highest BCUT2D eigenvalue weighted by molar-refractivity contribution is 9.10. The molecule has 0 saturated carbocycles. The van der Waals surface area contributed by atoms with Gasteiger partial charge in [-0.05, 0) is 41.0 Å². The van der Waals surface area contributed by atoms with Gasteiger partial charge in [0.05, 0.1) is 0 Å². The largest absolute Gasteiger partial charge is 0.486 e. The van der Waals surface area contributed by atoms with E-state index < -0.39 is 0 Å². The fourth-order valence-electron chi connectivity index (χ4n) is 1.37. The Kier molecular flexibility index (Phi) is 2.80. The second-order valence-corrected chi connectivity index (χ2v) is 3.78. The molecular formula is C9H11BrN2O. The van der Waals surface area contributed by atoms with Gasteiger partial charge < -0.3 is 10.1 Å². The van der Waals surface area contributed by atoms with Crippen molar-refractivity contribution < 1.29 is 4.74 Å². The first kappa shape index (κ1) is 8.97. The summed E-state index contributed by atoms with van der Waals surface area (Å²) < 4.78 is 6.51. The van der Waals surface area contributed by atoms with Gasteiger partial charge in [-0.3, -0.25) is 0 Å². The van der Waals surface area contributed by atoms with Crippen molar-refractivity contribution >= 4 is 15.9 Å². The van der Waals surface area contributed by atoms with Crippen LogP contribution in [-0.4, -0.2) is 24.2 Å². The molecule has 1 aliphatic heterocycles. The maximum Gasteiger partial charge on any atom is 0.152 e. The summed E-state index contributed by atoms with van der Waals surface area (Å²) in [6.07, 6.45) is 3.10. The van der Waals surface area contributed by atoms with Crippen LogP contribution in [0, 0.1) is 0 Å². The zero-order valence-corrected chi connectivity index (χ0v) is 8.75. The molecule has 0 radical (unpaired) electrons. The third kappa shape index (κ3) is 2.19. The lowest BCUT2D eigenvalue weighted by molar-refractivity contribution is 0.220. The Hall–Kier alpha value is -0.610. The van der Waals surface area contributed by atoms with Gasteiger partial charge in [-0.15, -0.1) is 0 Å². The van der Waals surface area contributed by atoms with Crippen LogP contribution >= 0.6 is 15.9 Å². The van der Waals surface area contributed by atoms with Gasteiger partial charge in [0, 0.05) is 12.7 Å². The average molecular weight is 243 g/mol. The molecule has 2 heterocycles. The number of hydrogen-bond acceptors (Lipinski definition) is 3. The Balaban J connectivity index is 2.04. The summed E-state index contributed by atoms with van der Waals surface area (Å²) in [7, 11) is 0. The highest BCUT2D eigenvalue weighted by atomic mass is 79.9. The highest BCUT2D eigenvalue weighted by Gasteiger charge is 2.16. The molecule has 13 heavy (non-hydrogen) atoms. The lowest BCUT2D eigenvalue weighted by Gasteiger charge is -2.12. The standard InChI is InChI=1S/C9H11BrN2O/c10-9-8(2-1-4-12-9)13-7-3-5-11-6-7/h1-2,4,7,11H,3,5-6H2. The summed E-state index contributed by atoms with van der Waals surface area (Å²) in [6.45, 7) is 1.98. The quantitative estimate of drug-likeness (QED) is 0.801. The van der Waals surface area contributed by atoms with Gasteiger partial charge in [0.15, 0.2) is 5.75 Å². The highest BCUT2D eigenvalue weighted by Crippen LogP contribution is 2.23. The molecule has 1 saturated heterocycles. The number of ether oxygens (including phenoxy) is 1. The van der Waals surface area contributed by atoms with Crippen LogP contribution < -0.4 is 10.1 Å². The van der Waals surface area contributed by atoms with Gasteiger partial charge in [-0.1, -0.05) is 0 Å². The van der Waals surface area contributed by atoms with Crippen LogP contribution in [0.5, 0.6) is 5.75 Å². The lowest BCUT2D eigenvalue weighted by atomic mass is 10.3. The maximum atomic E-state index is 5.73. The van der Waals surface area contributed by atoms with E-state index in [1.54, 1.807) is 6.20 Å². The van der Waals surface area contributed by atoms with E-state index in [0.29, 0.717) is 6.10 Å². The second kappa shape index (κ2) is 4.07. The van der Waals surface area contributed by atoms with Crippen molar-refractivity contribution in [3.05, 3.63) is 22.9 Å². The van der Waals surface area contributed by atoms with E-state index in [9.17, 15) is 0 Å². The van der Waals surface area contributed by atoms with Gasteiger partial charge >= 0.3 is 0 Å². The third-order valence-corrected chi connectivity index (χ3v) is 2.63. The van der Waals surface area contributed by atoms with Crippen molar-refractivity contribution in [1.29, 1.82) is 0 Å². The molecule has 1 atom stereocenters. The molecule has 1 aromatic rings. The minimum Gasteiger partial charge on any atom is -0.486 e. The smallest absolute Gasteiger partial charge is 0.152 e. The van der Waals surface area contributed by atoms with Crippen LogP contribution in [0.15, 0.2) is 22.9 Å². The fraction of sp³-hybridized carbons (Fsp3) is 0.444. The Bertz CT molecular complexity index is 287. The van der Waals surface area contributed by atoms with Gasteiger partial charge in [0.25, 0.3) is 0 Å². The van der Waals surface area contributed by atoms with Gasteiger partial charge in [0.1, 0.15) is 10.7 Å². The Morgan fingerprint density at radius 3 is 3.23 bits per heavy atom. The number of nitrogens with one attached hydrogen (secondary N) is 1. The van der Waals surface area contributed by atoms with Gasteiger partial charge in [0.2, 0.25) is 0 Å². The van der Waals surface area contributed by atoms with Crippen LogP contribution in [0.3, 0.4) is 0 Å². The van der Waals surface area contributed by atoms with Crippen molar-refractivity contribution in [2.45, 2.75) is 12.5 Å². The number of halogens is 1. The van der Waals surface area contributed by atoms with E-state index in [1.807, 2.05) is 12.1 Å². The number of nitrogens with zero attached hydrogens (tertiary/aromatic N) is 1. The fourth-order valence-corrected chi connectivity index (χ4v) is 1.71. The third-order valence-electron chi connectivity index (χ3n) is 2.03. The van der Waals surface area contributed by atoms with Crippen molar-refractivity contribution in [3.63, 3.8) is 0 Å². The zero-order valence-electron chi connectivity index (χ0n) is 7.16. The monoisotopic (exact) mass is 242 g/mol. The molecule has 70 valence electrons. The van der Waals surface area contributed by atoms with E-state index in [-0.39, 0.29) is 0 Å². The Morgan fingerprint density at radius 1 is 1.62 bits per heavy atom. The van der Waals surface area contributed by atoms with Gasteiger partial charge in [-0.2, -0.15) is 0 Å². The van der Waals surface area contributed by atoms with E-state index in [4.69, 9.17) is 4.74 Å². The number of pyridine rings is 1.